The summed E-state index contributed by atoms with van der Waals surface area (Å²) in [5, 5.41) is 0.652. The van der Waals surface area contributed by atoms with Gasteiger partial charge in [0.25, 0.3) is 0 Å². The number of nitrogens with two attached hydrogens (primary N) is 1. The lowest BCUT2D eigenvalue weighted by Crippen LogP contribution is -2.22. The van der Waals surface area contributed by atoms with Crippen molar-refractivity contribution >= 4 is 10.9 Å². The zero-order valence-electron chi connectivity index (χ0n) is 10.3. The third kappa shape index (κ3) is 2.34. The second kappa shape index (κ2) is 4.00. The van der Waals surface area contributed by atoms with E-state index in [0.717, 1.165) is 12.8 Å². The number of aryl methyl sites for hydroxylation is 1. The van der Waals surface area contributed by atoms with Gasteiger partial charge in [0.1, 0.15) is 5.69 Å². The molecule has 0 spiro atoms. The van der Waals surface area contributed by atoms with E-state index in [1.165, 1.54) is 0 Å². The average Bonchev–Trinajstić information content (AvgIpc) is 2.95. The van der Waals surface area contributed by atoms with Crippen LogP contribution in [0.3, 0.4) is 0 Å². The van der Waals surface area contributed by atoms with Crippen LogP contribution in [0.5, 0.6) is 0 Å². The Kier molecular flexibility index (Phi) is 2.64. The lowest BCUT2D eigenvalue weighted by atomic mass is 10.0. The standard InChI is InChI=1S/C14H15F3N2/c15-14(16,17)12-10(5-6-13(18)7-8-13)9-3-1-2-4-11(9)19-12/h1-4,19H,5-8,18H2. The van der Waals surface area contributed by atoms with Gasteiger partial charge in [-0.3, -0.25) is 0 Å². The van der Waals surface area contributed by atoms with Gasteiger partial charge in [-0.1, -0.05) is 18.2 Å². The SMILES string of the molecule is NC1(CCc2c(C(F)(F)F)[nH]c3ccccc23)CC1. The smallest absolute Gasteiger partial charge is 0.351 e. The first-order valence-corrected chi connectivity index (χ1v) is 6.35. The molecule has 0 aliphatic heterocycles. The number of H-pyrrole nitrogens is 1. The lowest BCUT2D eigenvalue weighted by molar-refractivity contribution is -0.141. The summed E-state index contributed by atoms with van der Waals surface area (Å²) in [6.45, 7) is 0. The van der Waals surface area contributed by atoms with Crippen molar-refractivity contribution in [1.82, 2.24) is 4.98 Å². The molecule has 2 aromatic rings. The van der Waals surface area contributed by atoms with Gasteiger partial charge in [0.05, 0.1) is 0 Å². The Balaban J connectivity index is 2.02. The molecule has 1 saturated carbocycles. The molecule has 1 aliphatic rings. The van der Waals surface area contributed by atoms with Crippen molar-refractivity contribution in [3.05, 3.63) is 35.5 Å². The summed E-state index contributed by atoms with van der Waals surface area (Å²) in [5.74, 6) is 0. The molecule has 19 heavy (non-hydrogen) atoms. The Labute approximate surface area is 108 Å². The Morgan fingerprint density at radius 2 is 1.89 bits per heavy atom. The number of halogens is 3. The van der Waals surface area contributed by atoms with Crippen LogP contribution < -0.4 is 5.73 Å². The first-order valence-electron chi connectivity index (χ1n) is 6.35. The summed E-state index contributed by atoms with van der Waals surface area (Å²) in [7, 11) is 0. The molecule has 0 bridgehead atoms. The number of alkyl halides is 3. The van der Waals surface area contributed by atoms with E-state index in [2.05, 4.69) is 4.98 Å². The first-order chi connectivity index (χ1) is 8.89. The number of rotatable bonds is 3. The van der Waals surface area contributed by atoms with E-state index in [4.69, 9.17) is 5.73 Å². The molecule has 1 fully saturated rings. The summed E-state index contributed by atoms with van der Waals surface area (Å²) in [6.07, 6.45) is -1.54. The van der Waals surface area contributed by atoms with E-state index >= 15 is 0 Å². The van der Waals surface area contributed by atoms with Crippen LogP contribution in [0.15, 0.2) is 24.3 Å². The van der Waals surface area contributed by atoms with Crippen LogP contribution in [0.4, 0.5) is 13.2 Å². The molecule has 1 aliphatic carbocycles. The molecule has 2 nitrogen and oxygen atoms in total. The summed E-state index contributed by atoms with van der Waals surface area (Å²) < 4.78 is 39.2. The fourth-order valence-electron chi connectivity index (χ4n) is 2.49. The number of hydrogen-bond donors (Lipinski definition) is 2. The van der Waals surface area contributed by atoms with Crippen molar-refractivity contribution < 1.29 is 13.2 Å². The average molecular weight is 268 g/mol. The zero-order valence-corrected chi connectivity index (χ0v) is 10.3. The number of aromatic nitrogens is 1. The highest BCUT2D eigenvalue weighted by Gasteiger charge is 2.40. The van der Waals surface area contributed by atoms with E-state index in [1.807, 2.05) is 0 Å². The van der Waals surface area contributed by atoms with Gasteiger partial charge in [-0.05, 0) is 37.3 Å². The van der Waals surface area contributed by atoms with Crippen molar-refractivity contribution in [3.8, 4) is 0 Å². The van der Waals surface area contributed by atoms with Crippen LogP contribution in [0, 0.1) is 0 Å². The van der Waals surface area contributed by atoms with Crippen molar-refractivity contribution in [2.45, 2.75) is 37.4 Å². The maximum Gasteiger partial charge on any atom is 0.431 e. The van der Waals surface area contributed by atoms with Gasteiger partial charge in [-0.2, -0.15) is 13.2 Å². The fourth-order valence-corrected chi connectivity index (χ4v) is 2.49. The maximum atomic E-state index is 13.1. The Bertz CT molecular complexity index is 609. The summed E-state index contributed by atoms with van der Waals surface area (Å²) in [6, 6.07) is 6.89. The third-order valence-corrected chi connectivity index (χ3v) is 3.86. The molecule has 1 heterocycles. The zero-order chi connectivity index (χ0) is 13.7. The van der Waals surface area contributed by atoms with Crippen LogP contribution in [0.1, 0.15) is 30.5 Å². The molecule has 5 heteroatoms. The van der Waals surface area contributed by atoms with Gasteiger partial charge in [0, 0.05) is 16.4 Å². The van der Waals surface area contributed by atoms with Crippen molar-refractivity contribution in [3.63, 3.8) is 0 Å². The second-order valence-electron chi connectivity index (χ2n) is 5.38. The Hall–Kier alpha value is -1.49. The number of para-hydroxylation sites is 1. The van der Waals surface area contributed by atoms with E-state index in [1.54, 1.807) is 24.3 Å². The summed E-state index contributed by atoms with van der Waals surface area (Å²) in [4.78, 5) is 2.49. The molecule has 0 amide bonds. The van der Waals surface area contributed by atoms with Crippen LogP contribution in [-0.4, -0.2) is 10.5 Å². The monoisotopic (exact) mass is 268 g/mol. The first kappa shape index (κ1) is 12.5. The number of fused-ring (bicyclic) bond motifs is 1. The lowest BCUT2D eigenvalue weighted by Gasteiger charge is -2.11. The molecular weight excluding hydrogens is 253 g/mol. The van der Waals surface area contributed by atoms with E-state index in [9.17, 15) is 13.2 Å². The minimum Gasteiger partial charge on any atom is -0.351 e. The minimum atomic E-state index is -4.35. The van der Waals surface area contributed by atoms with Crippen LogP contribution in [0.25, 0.3) is 10.9 Å². The molecule has 1 aromatic carbocycles. The van der Waals surface area contributed by atoms with Crippen LogP contribution in [-0.2, 0) is 12.6 Å². The van der Waals surface area contributed by atoms with Crippen LogP contribution in [0.2, 0.25) is 0 Å². The highest BCUT2D eigenvalue weighted by atomic mass is 19.4. The van der Waals surface area contributed by atoms with E-state index in [-0.39, 0.29) is 5.54 Å². The number of benzene rings is 1. The maximum absolute atomic E-state index is 13.1. The van der Waals surface area contributed by atoms with Gasteiger partial charge in [-0.25, -0.2) is 0 Å². The van der Waals surface area contributed by atoms with Gasteiger partial charge in [-0.15, -0.1) is 0 Å². The van der Waals surface area contributed by atoms with Gasteiger partial charge in [0.2, 0.25) is 0 Å². The molecular formula is C14H15F3N2. The summed E-state index contributed by atoms with van der Waals surface area (Å²) in [5.41, 5.74) is 5.99. The van der Waals surface area contributed by atoms with Crippen molar-refractivity contribution in [2.24, 2.45) is 5.73 Å². The van der Waals surface area contributed by atoms with Crippen LogP contribution >= 0.6 is 0 Å². The highest BCUT2D eigenvalue weighted by Crippen LogP contribution is 2.40. The molecule has 3 rings (SSSR count). The molecule has 0 saturated heterocycles. The number of hydrogen-bond acceptors (Lipinski definition) is 1. The molecule has 102 valence electrons. The molecule has 3 N–H and O–H groups in total. The largest absolute Gasteiger partial charge is 0.431 e. The van der Waals surface area contributed by atoms with Gasteiger partial charge >= 0.3 is 6.18 Å². The quantitative estimate of drug-likeness (QED) is 0.877. The summed E-state index contributed by atoms with van der Waals surface area (Å²) >= 11 is 0. The normalized spacial score (nSPS) is 17.9. The van der Waals surface area contributed by atoms with Gasteiger partial charge < -0.3 is 10.7 Å². The topological polar surface area (TPSA) is 41.8 Å². The van der Waals surface area contributed by atoms with E-state index < -0.39 is 11.9 Å². The number of nitrogens with one attached hydrogen (secondary N) is 1. The predicted molar refractivity (Wildman–Crippen MR) is 67.8 cm³/mol. The van der Waals surface area contributed by atoms with Gasteiger partial charge in [0.15, 0.2) is 0 Å². The van der Waals surface area contributed by atoms with E-state index in [0.29, 0.717) is 29.3 Å². The number of aromatic amines is 1. The molecule has 0 unspecified atom stereocenters. The Morgan fingerprint density at radius 3 is 2.53 bits per heavy atom. The molecule has 1 aromatic heterocycles. The minimum absolute atomic E-state index is 0.235. The fraction of sp³-hybridized carbons (Fsp3) is 0.429. The molecule has 0 atom stereocenters. The van der Waals surface area contributed by atoms with Crippen molar-refractivity contribution in [1.29, 1.82) is 0 Å². The second-order valence-corrected chi connectivity index (χ2v) is 5.38. The predicted octanol–water partition coefficient (Wildman–Crippen LogP) is 3.61. The van der Waals surface area contributed by atoms with Crippen molar-refractivity contribution in [2.75, 3.05) is 0 Å². The Morgan fingerprint density at radius 1 is 1.21 bits per heavy atom. The third-order valence-electron chi connectivity index (χ3n) is 3.86. The molecule has 0 radical (unpaired) electrons. The highest BCUT2D eigenvalue weighted by molar-refractivity contribution is 5.84.